The maximum Gasteiger partial charge on any atom is 0.328 e. The van der Waals surface area contributed by atoms with Gasteiger partial charge in [-0.2, -0.15) is 0 Å². The van der Waals surface area contributed by atoms with Crippen molar-refractivity contribution >= 4 is 0 Å². The van der Waals surface area contributed by atoms with Crippen molar-refractivity contribution in [3.8, 4) is 0 Å². The Hall–Kier alpha value is -1.40. The minimum Gasteiger partial charge on any atom is -0.394 e. The molecule has 6 heteroatoms. The number of aromatic nitrogens is 2. The molecule has 3 N–H and O–H groups in total. The summed E-state index contributed by atoms with van der Waals surface area (Å²) in [6.45, 7) is -0.688. The van der Waals surface area contributed by atoms with Crippen molar-refractivity contribution in [3.05, 3.63) is 33.1 Å². The molecule has 0 unspecified atom stereocenters. The van der Waals surface area contributed by atoms with Gasteiger partial charge in [-0.25, -0.2) is 4.79 Å². The van der Waals surface area contributed by atoms with Crippen LogP contribution < -0.4 is 11.2 Å². The average Bonchev–Trinajstić information content (AvgIpc) is 2.11. The monoisotopic (exact) mass is 186 g/mol. The van der Waals surface area contributed by atoms with Gasteiger partial charge in [0.1, 0.15) is 0 Å². The summed E-state index contributed by atoms with van der Waals surface area (Å²) < 4.78 is 0.820. The largest absolute Gasteiger partial charge is 0.394 e. The molecule has 0 bridgehead atoms. The molecule has 0 aliphatic rings. The molecule has 0 aliphatic carbocycles. The molecule has 1 rings (SSSR count). The SMILES string of the molecule is O=c1cc[nH]c(=O)n1C[C@@H](O)CO. The quantitative estimate of drug-likeness (QED) is 0.503. The Labute approximate surface area is 73.1 Å². The minimum absolute atomic E-state index is 0.203. The van der Waals surface area contributed by atoms with E-state index in [9.17, 15) is 9.59 Å². The third-order valence-electron chi connectivity index (χ3n) is 1.55. The second-order valence-electron chi connectivity index (χ2n) is 2.57. The van der Waals surface area contributed by atoms with Crippen molar-refractivity contribution in [2.75, 3.05) is 6.61 Å². The Kier molecular flexibility index (Phi) is 2.99. The van der Waals surface area contributed by atoms with Crippen LogP contribution in [0.25, 0.3) is 0 Å². The van der Waals surface area contributed by atoms with Crippen LogP contribution in [0.5, 0.6) is 0 Å². The fourth-order valence-corrected chi connectivity index (χ4v) is 0.894. The van der Waals surface area contributed by atoms with Crippen LogP contribution in [0.15, 0.2) is 21.9 Å². The summed E-state index contributed by atoms with van der Waals surface area (Å²) in [6.07, 6.45) is 0.133. The molecular weight excluding hydrogens is 176 g/mol. The highest BCUT2D eigenvalue weighted by molar-refractivity contribution is 4.83. The number of hydrogen-bond acceptors (Lipinski definition) is 4. The summed E-state index contributed by atoms with van der Waals surface area (Å²) in [5.74, 6) is 0. The second-order valence-corrected chi connectivity index (χ2v) is 2.57. The molecule has 1 aromatic heterocycles. The Morgan fingerprint density at radius 3 is 2.77 bits per heavy atom. The van der Waals surface area contributed by atoms with E-state index in [4.69, 9.17) is 10.2 Å². The molecule has 0 amide bonds. The number of aliphatic hydroxyl groups excluding tert-OH is 2. The van der Waals surface area contributed by atoms with Crippen molar-refractivity contribution in [2.45, 2.75) is 12.6 Å². The lowest BCUT2D eigenvalue weighted by Crippen LogP contribution is -2.38. The zero-order valence-corrected chi connectivity index (χ0v) is 6.80. The molecule has 0 radical (unpaired) electrons. The number of nitrogens with zero attached hydrogens (tertiary/aromatic N) is 1. The van der Waals surface area contributed by atoms with Gasteiger partial charge in [0.15, 0.2) is 0 Å². The van der Waals surface area contributed by atoms with Crippen molar-refractivity contribution in [1.29, 1.82) is 0 Å². The van der Waals surface area contributed by atoms with Gasteiger partial charge in [0.05, 0.1) is 19.3 Å². The molecule has 1 aromatic rings. The van der Waals surface area contributed by atoms with Crippen LogP contribution in [0, 0.1) is 0 Å². The standard InChI is InChI=1S/C7H10N2O4/c10-4-5(11)3-9-6(12)1-2-8-7(9)13/h1-2,5,10-11H,3-4H2,(H,8,13)/t5-/m1/s1. The van der Waals surface area contributed by atoms with Crippen LogP contribution in [-0.2, 0) is 6.54 Å². The van der Waals surface area contributed by atoms with Gasteiger partial charge in [-0.15, -0.1) is 0 Å². The number of aliphatic hydroxyl groups is 2. The lowest BCUT2D eigenvalue weighted by atomic mass is 10.4. The van der Waals surface area contributed by atoms with Gasteiger partial charge < -0.3 is 15.2 Å². The molecule has 1 atom stereocenters. The van der Waals surface area contributed by atoms with Crippen LogP contribution in [0.4, 0.5) is 0 Å². The first-order valence-corrected chi connectivity index (χ1v) is 3.72. The molecule has 0 saturated carbocycles. The molecule has 0 aliphatic heterocycles. The first-order valence-electron chi connectivity index (χ1n) is 3.72. The van der Waals surface area contributed by atoms with E-state index in [1.807, 2.05) is 0 Å². The molecule has 0 fully saturated rings. The first-order chi connectivity index (χ1) is 6.15. The van der Waals surface area contributed by atoms with Crippen LogP contribution in [-0.4, -0.2) is 32.5 Å². The Morgan fingerprint density at radius 2 is 2.23 bits per heavy atom. The highest BCUT2D eigenvalue weighted by Gasteiger charge is 2.06. The fraction of sp³-hybridized carbons (Fsp3) is 0.429. The van der Waals surface area contributed by atoms with E-state index in [1.54, 1.807) is 0 Å². The fourth-order valence-electron chi connectivity index (χ4n) is 0.894. The number of nitrogens with one attached hydrogen (secondary N) is 1. The zero-order valence-electron chi connectivity index (χ0n) is 6.80. The summed E-state index contributed by atoms with van der Waals surface area (Å²) in [4.78, 5) is 24.3. The van der Waals surface area contributed by atoms with E-state index in [-0.39, 0.29) is 6.54 Å². The van der Waals surface area contributed by atoms with Gasteiger partial charge in [0.25, 0.3) is 5.56 Å². The van der Waals surface area contributed by atoms with Crippen molar-refractivity contribution in [1.82, 2.24) is 9.55 Å². The lowest BCUT2D eigenvalue weighted by molar-refractivity contribution is 0.0793. The van der Waals surface area contributed by atoms with Crippen LogP contribution in [0.2, 0.25) is 0 Å². The van der Waals surface area contributed by atoms with E-state index in [0.29, 0.717) is 0 Å². The lowest BCUT2D eigenvalue weighted by Gasteiger charge is -2.07. The van der Waals surface area contributed by atoms with Gasteiger partial charge >= 0.3 is 5.69 Å². The average molecular weight is 186 g/mol. The summed E-state index contributed by atoms with van der Waals surface area (Å²) >= 11 is 0. The molecular formula is C7H10N2O4. The smallest absolute Gasteiger partial charge is 0.328 e. The third-order valence-corrected chi connectivity index (χ3v) is 1.55. The van der Waals surface area contributed by atoms with Crippen LogP contribution in [0.1, 0.15) is 0 Å². The van der Waals surface area contributed by atoms with E-state index >= 15 is 0 Å². The number of hydrogen-bond donors (Lipinski definition) is 3. The molecule has 1 heterocycles. The summed E-state index contributed by atoms with van der Waals surface area (Å²) in [5.41, 5.74) is -1.10. The molecule has 6 nitrogen and oxygen atoms in total. The predicted molar refractivity (Wildman–Crippen MR) is 44.4 cm³/mol. The summed E-state index contributed by atoms with van der Waals surface area (Å²) in [5, 5.41) is 17.5. The Balaban J connectivity index is 3.01. The minimum atomic E-state index is -1.10. The molecule has 0 aromatic carbocycles. The third kappa shape index (κ3) is 2.27. The normalized spacial score (nSPS) is 12.8. The van der Waals surface area contributed by atoms with Gasteiger partial charge in [-0.05, 0) is 0 Å². The highest BCUT2D eigenvalue weighted by Crippen LogP contribution is 1.82. The molecule has 13 heavy (non-hydrogen) atoms. The number of H-pyrrole nitrogens is 1. The topological polar surface area (TPSA) is 95.3 Å². The Bertz CT molecular complexity index is 352. The van der Waals surface area contributed by atoms with Crippen molar-refractivity contribution in [2.24, 2.45) is 0 Å². The predicted octanol–water partition coefficient (Wildman–Crippen LogP) is -2.11. The van der Waals surface area contributed by atoms with Gasteiger partial charge in [-0.3, -0.25) is 9.36 Å². The van der Waals surface area contributed by atoms with Gasteiger partial charge in [0.2, 0.25) is 0 Å². The maximum absolute atomic E-state index is 11.0. The van der Waals surface area contributed by atoms with Gasteiger partial charge in [-0.1, -0.05) is 0 Å². The zero-order chi connectivity index (χ0) is 9.84. The molecule has 0 saturated heterocycles. The van der Waals surface area contributed by atoms with Crippen molar-refractivity contribution in [3.63, 3.8) is 0 Å². The van der Waals surface area contributed by atoms with Crippen LogP contribution >= 0.6 is 0 Å². The molecule has 0 spiro atoms. The van der Waals surface area contributed by atoms with Crippen LogP contribution in [0.3, 0.4) is 0 Å². The number of aromatic amines is 1. The molecule has 72 valence electrons. The van der Waals surface area contributed by atoms with E-state index in [0.717, 1.165) is 4.57 Å². The first kappa shape index (κ1) is 9.69. The highest BCUT2D eigenvalue weighted by atomic mass is 16.3. The van der Waals surface area contributed by atoms with Crippen molar-refractivity contribution < 1.29 is 10.2 Å². The van der Waals surface area contributed by atoms with E-state index in [1.165, 1.54) is 12.3 Å². The maximum atomic E-state index is 11.0. The van der Waals surface area contributed by atoms with Gasteiger partial charge in [0, 0.05) is 12.3 Å². The second kappa shape index (κ2) is 4.01. The van der Waals surface area contributed by atoms with E-state index in [2.05, 4.69) is 4.98 Å². The van der Waals surface area contributed by atoms with E-state index < -0.39 is 24.0 Å². The summed E-state index contributed by atoms with van der Waals surface area (Å²) in [7, 11) is 0. The Morgan fingerprint density at radius 1 is 1.54 bits per heavy atom. The number of rotatable bonds is 3. The summed E-state index contributed by atoms with van der Waals surface area (Å²) in [6, 6.07) is 1.17.